The van der Waals surface area contributed by atoms with Crippen LogP contribution in [0.25, 0.3) is 0 Å². The SMILES string of the molecule is C=S(=C)(c1ccc(CC2=CC=CCC=C2)cc1)c1ccc(Oc2ccccc2)cc1. The van der Waals surface area contributed by atoms with Crippen molar-refractivity contribution < 1.29 is 4.74 Å². The van der Waals surface area contributed by atoms with Crippen molar-refractivity contribution in [2.75, 3.05) is 0 Å². The maximum Gasteiger partial charge on any atom is 0.127 e. The lowest BCUT2D eigenvalue weighted by atomic mass is 10.0. The summed E-state index contributed by atoms with van der Waals surface area (Å²) in [7, 11) is -1.58. The first-order valence-electron chi connectivity index (χ1n) is 10.0. The van der Waals surface area contributed by atoms with Crippen LogP contribution < -0.4 is 4.74 Å². The Kier molecular flexibility index (Phi) is 6.06. The molecule has 3 aromatic carbocycles. The fourth-order valence-electron chi connectivity index (χ4n) is 3.37. The van der Waals surface area contributed by atoms with Crippen molar-refractivity contribution in [2.24, 2.45) is 0 Å². The maximum absolute atomic E-state index is 5.90. The third kappa shape index (κ3) is 4.84. The number of hydrogen-bond acceptors (Lipinski definition) is 1. The molecule has 2 heteroatoms. The molecule has 0 aliphatic heterocycles. The first-order chi connectivity index (χ1) is 14.6. The van der Waals surface area contributed by atoms with E-state index < -0.39 is 9.21 Å². The molecule has 30 heavy (non-hydrogen) atoms. The molecule has 0 amide bonds. The van der Waals surface area contributed by atoms with Gasteiger partial charge in [0.25, 0.3) is 0 Å². The lowest BCUT2D eigenvalue weighted by Gasteiger charge is -2.17. The van der Waals surface area contributed by atoms with Crippen LogP contribution in [0.1, 0.15) is 12.0 Å². The molecule has 1 aliphatic carbocycles. The van der Waals surface area contributed by atoms with Crippen molar-refractivity contribution in [1.29, 1.82) is 0 Å². The second-order valence-electron chi connectivity index (χ2n) is 7.40. The molecule has 4 rings (SSSR count). The number of benzene rings is 3. The Labute approximate surface area is 180 Å². The topological polar surface area (TPSA) is 9.23 Å². The normalized spacial score (nSPS) is 13.5. The second-order valence-corrected chi connectivity index (χ2v) is 10.1. The summed E-state index contributed by atoms with van der Waals surface area (Å²) in [6, 6.07) is 26.7. The largest absolute Gasteiger partial charge is 0.457 e. The third-order valence-electron chi connectivity index (χ3n) is 5.09. The molecule has 0 radical (unpaired) electrons. The van der Waals surface area contributed by atoms with Crippen LogP contribution in [0.2, 0.25) is 0 Å². The standard InChI is InChI=1S/C28H26OS/c1-30(2,28-20-16-26(17-21-28)29-25-12-8-5-9-13-25)27-18-14-24(15-19-27)22-23-10-6-3-4-7-11-23/h3,5-21H,1-2,4,22H2. The zero-order valence-electron chi connectivity index (χ0n) is 17.0. The maximum atomic E-state index is 5.90. The predicted molar refractivity (Wildman–Crippen MR) is 132 cm³/mol. The van der Waals surface area contributed by atoms with Crippen molar-refractivity contribution >= 4 is 20.9 Å². The van der Waals surface area contributed by atoms with E-state index in [4.69, 9.17) is 4.74 Å². The highest BCUT2D eigenvalue weighted by atomic mass is 32.2. The van der Waals surface area contributed by atoms with Crippen LogP contribution in [0, 0.1) is 0 Å². The van der Waals surface area contributed by atoms with Crippen molar-refractivity contribution in [3.8, 4) is 11.5 Å². The van der Waals surface area contributed by atoms with Crippen LogP contribution in [0.15, 0.2) is 125 Å². The van der Waals surface area contributed by atoms with Gasteiger partial charge in [0, 0.05) is 9.79 Å². The van der Waals surface area contributed by atoms with Gasteiger partial charge in [0.1, 0.15) is 11.5 Å². The van der Waals surface area contributed by atoms with Crippen LogP contribution in [0.3, 0.4) is 0 Å². The Morgan fingerprint density at radius 1 is 0.733 bits per heavy atom. The smallest absolute Gasteiger partial charge is 0.127 e. The Hall–Kier alpha value is -3.23. The minimum absolute atomic E-state index is 0.814. The van der Waals surface area contributed by atoms with Crippen LogP contribution in [0.4, 0.5) is 0 Å². The number of ether oxygens (including phenoxy) is 1. The summed E-state index contributed by atoms with van der Waals surface area (Å²) in [6.45, 7) is 0. The zero-order valence-corrected chi connectivity index (χ0v) is 17.9. The molecule has 0 N–H and O–H groups in total. The van der Waals surface area contributed by atoms with Gasteiger partial charge in [-0.25, -0.2) is 0 Å². The Bertz CT molecular complexity index is 1180. The number of hydrogen-bond donors (Lipinski definition) is 0. The second kappa shape index (κ2) is 9.06. The highest BCUT2D eigenvalue weighted by Gasteiger charge is 2.07. The van der Waals surface area contributed by atoms with Gasteiger partial charge >= 0.3 is 0 Å². The fraction of sp³-hybridized carbons (Fsp3) is 0.0714. The van der Waals surface area contributed by atoms with E-state index in [0.717, 1.165) is 29.2 Å². The van der Waals surface area contributed by atoms with E-state index in [-0.39, 0.29) is 0 Å². The van der Waals surface area contributed by atoms with Crippen LogP contribution in [0.5, 0.6) is 11.5 Å². The van der Waals surface area contributed by atoms with Crippen molar-refractivity contribution in [2.45, 2.75) is 22.6 Å². The highest BCUT2D eigenvalue weighted by molar-refractivity contribution is 8.27. The molecular formula is C28H26OS. The summed E-state index contributed by atoms with van der Waals surface area (Å²) in [5, 5.41) is 0. The van der Waals surface area contributed by atoms with E-state index in [1.807, 2.05) is 42.5 Å². The fourth-order valence-corrected chi connectivity index (χ4v) is 4.96. The summed E-state index contributed by atoms with van der Waals surface area (Å²) >= 11 is 0. The van der Waals surface area contributed by atoms with Gasteiger partial charge in [-0.15, -0.1) is 0 Å². The van der Waals surface area contributed by atoms with Gasteiger partial charge in [-0.05, 0) is 72.5 Å². The van der Waals surface area contributed by atoms with Gasteiger partial charge in [0.2, 0.25) is 0 Å². The molecule has 3 aromatic rings. The Morgan fingerprint density at radius 2 is 1.37 bits per heavy atom. The monoisotopic (exact) mass is 410 g/mol. The van der Waals surface area contributed by atoms with Gasteiger partial charge < -0.3 is 4.74 Å². The van der Waals surface area contributed by atoms with Gasteiger partial charge in [0.05, 0.1) is 0 Å². The first-order valence-corrected chi connectivity index (χ1v) is 12.0. The minimum Gasteiger partial charge on any atom is -0.457 e. The molecule has 0 saturated heterocycles. The van der Waals surface area contributed by atoms with E-state index in [1.54, 1.807) is 0 Å². The van der Waals surface area contributed by atoms with Gasteiger partial charge in [-0.1, -0.05) is 72.5 Å². The van der Waals surface area contributed by atoms with Gasteiger partial charge in [-0.2, -0.15) is 9.21 Å². The van der Waals surface area contributed by atoms with Crippen LogP contribution in [-0.4, -0.2) is 11.7 Å². The highest BCUT2D eigenvalue weighted by Crippen LogP contribution is 2.41. The van der Waals surface area contributed by atoms with Crippen LogP contribution in [-0.2, 0) is 6.42 Å². The summed E-state index contributed by atoms with van der Waals surface area (Å²) in [6.07, 6.45) is 12.9. The molecule has 0 heterocycles. The lowest BCUT2D eigenvalue weighted by molar-refractivity contribution is 0.482. The van der Waals surface area contributed by atoms with E-state index in [0.29, 0.717) is 0 Å². The Balaban J connectivity index is 1.49. The van der Waals surface area contributed by atoms with E-state index in [1.165, 1.54) is 16.0 Å². The minimum atomic E-state index is -1.58. The lowest BCUT2D eigenvalue weighted by Crippen LogP contribution is -1.90. The average Bonchev–Trinajstić information content (AvgIpc) is 3.04. The van der Waals surface area contributed by atoms with Gasteiger partial charge in [-0.3, -0.25) is 0 Å². The summed E-state index contributed by atoms with van der Waals surface area (Å²) < 4.78 is 5.90. The number of rotatable bonds is 6. The van der Waals surface area contributed by atoms with E-state index in [9.17, 15) is 0 Å². The molecule has 0 spiro atoms. The zero-order chi connectivity index (χ0) is 20.8. The molecule has 150 valence electrons. The third-order valence-corrected chi connectivity index (χ3v) is 7.44. The van der Waals surface area contributed by atoms with Gasteiger partial charge in [0.15, 0.2) is 0 Å². The van der Waals surface area contributed by atoms with Crippen molar-refractivity contribution in [1.82, 2.24) is 0 Å². The predicted octanol–water partition coefficient (Wildman–Crippen LogP) is 7.55. The molecule has 0 unspecified atom stereocenters. The van der Waals surface area contributed by atoms with E-state index >= 15 is 0 Å². The molecule has 0 fully saturated rings. The Morgan fingerprint density at radius 3 is 2.07 bits per heavy atom. The molecule has 0 bridgehead atoms. The summed E-state index contributed by atoms with van der Waals surface area (Å²) in [5.74, 6) is 10.6. The van der Waals surface area contributed by atoms with Crippen molar-refractivity contribution in [3.63, 3.8) is 0 Å². The molecule has 0 aromatic heterocycles. The first kappa shape index (κ1) is 20.1. The number of allylic oxidation sites excluding steroid dienone is 6. The molecular weight excluding hydrogens is 384 g/mol. The van der Waals surface area contributed by atoms with Crippen LogP contribution >= 0.6 is 9.21 Å². The van der Waals surface area contributed by atoms with E-state index in [2.05, 4.69) is 78.5 Å². The molecule has 1 aliphatic rings. The average molecular weight is 411 g/mol. The molecule has 0 atom stereocenters. The quantitative estimate of drug-likeness (QED) is 0.381. The summed E-state index contributed by atoms with van der Waals surface area (Å²) in [4.78, 5) is 2.31. The summed E-state index contributed by atoms with van der Waals surface area (Å²) in [5.41, 5.74) is 2.63. The molecule has 0 saturated carbocycles. The van der Waals surface area contributed by atoms with Crippen molar-refractivity contribution in [3.05, 3.63) is 120 Å². The molecule has 1 nitrogen and oxygen atoms in total. The number of para-hydroxylation sites is 1.